The number of hydrogen-bond donors (Lipinski definition) is 2. The lowest BCUT2D eigenvalue weighted by atomic mass is 9.94. The summed E-state index contributed by atoms with van der Waals surface area (Å²) in [6.45, 7) is 0.209. The minimum Gasteiger partial charge on any atom is -0.489 e. The maximum Gasteiger partial charge on any atom is 0.461 e. The van der Waals surface area contributed by atoms with Gasteiger partial charge in [0.2, 0.25) is 0 Å². The van der Waals surface area contributed by atoms with Crippen LogP contribution in [0.1, 0.15) is 67.5 Å². The first-order chi connectivity index (χ1) is 23.5. The van der Waals surface area contributed by atoms with Gasteiger partial charge in [-0.05, 0) is 96.0 Å². The molecule has 5 rings (SSSR count). The van der Waals surface area contributed by atoms with Crippen molar-refractivity contribution in [2.45, 2.75) is 57.0 Å². The Kier molecular flexibility index (Phi) is 11.4. The minimum atomic E-state index is -4.69. The van der Waals surface area contributed by atoms with Crippen LogP contribution < -0.4 is 14.8 Å². The van der Waals surface area contributed by atoms with Crippen LogP contribution in [0.4, 0.5) is 17.6 Å². The van der Waals surface area contributed by atoms with Crippen LogP contribution in [-0.2, 0) is 24.2 Å². The molecule has 0 radical (unpaired) electrons. The largest absolute Gasteiger partial charge is 0.489 e. The quantitative estimate of drug-likeness (QED) is 0.111. The number of rotatable bonds is 13. The lowest BCUT2D eigenvalue weighted by Crippen LogP contribution is -2.41. The van der Waals surface area contributed by atoms with Crippen molar-refractivity contribution in [2.75, 3.05) is 7.11 Å². The molecule has 0 aliphatic heterocycles. The van der Waals surface area contributed by atoms with Crippen molar-refractivity contribution < 1.29 is 46.5 Å². The number of aryl methyl sites for hydroxylation is 1. The highest BCUT2D eigenvalue weighted by molar-refractivity contribution is 5.98. The monoisotopic (exact) mass is 677 g/mol. The van der Waals surface area contributed by atoms with E-state index in [2.05, 4.69) is 10.1 Å². The predicted molar refractivity (Wildman–Crippen MR) is 175 cm³/mol. The average Bonchev–Trinajstić information content (AvgIpc) is 3.36. The van der Waals surface area contributed by atoms with E-state index in [0.717, 1.165) is 42.0 Å². The fourth-order valence-corrected chi connectivity index (χ4v) is 5.53. The van der Waals surface area contributed by atoms with Gasteiger partial charge in [-0.15, -0.1) is 0 Å². The van der Waals surface area contributed by atoms with Gasteiger partial charge >= 0.3 is 18.5 Å². The molecular formula is C38H35F4NO6. The molecule has 11 heteroatoms. The molecule has 7 nitrogen and oxygen atoms in total. The fourth-order valence-electron chi connectivity index (χ4n) is 5.53. The van der Waals surface area contributed by atoms with E-state index in [4.69, 9.17) is 9.47 Å². The van der Waals surface area contributed by atoms with Crippen molar-refractivity contribution in [3.63, 3.8) is 0 Å². The summed E-state index contributed by atoms with van der Waals surface area (Å²) in [6, 6.07) is 23.1. The molecule has 2 N–H and O–H groups in total. The lowest BCUT2D eigenvalue weighted by Gasteiger charge is -2.26. The molecule has 4 aromatic rings. The predicted octanol–water partition coefficient (Wildman–Crippen LogP) is 7.71. The first-order valence-corrected chi connectivity index (χ1v) is 15.7. The summed E-state index contributed by atoms with van der Waals surface area (Å²) in [5.74, 6) is -0.873. The summed E-state index contributed by atoms with van der Waals surface area (Å²) in [4.78, 5) is 25.4. The van der Waals surface area contributed by atoms with Gasteiger partial charge in [-0.1, -0.05) is 60.7 Å². The van der Waals surface area contributed by atoms with Crippen molar-refractivity contribution in [1.82, 2.24) is 5.32 Å². The second kappa shape index (κ2) is 15.8. The van der Waals surface area contributed by atoms with Gasteiger partial charge in [0, 0.05) is 5.56 Å². The maximum absolute atomic E-state index is 13.7. The molecule has 1 amide bonds. The number of carbonyl (C=O) groups is 2. The number of methoxy groups -OCH3 is 1. The van der Waals surface area contributed by atoms with Gasteiger partial charge in [-0.25, -0.2) is 4.79 Å². The lowest BCUT2D eigenvalue weighted by molar-refractivity contribution is -0.253. The molecule has 0 aromatic heterocycles. The molecule has 0 fully saturated rings. The Labute approximate surface area is 281 Å². The van der Waals surface area contributed by atoms with Gasteiger partial charge in [0.05, 0.1) is 24.8 Å². The normalized spacial score (nSPS) is 13.9. The number of fused-ring (bicyclic) bond motifs is 1. The number of amides is 1. The molecule has 0 saturated carbocycles. The zero-order chi connectivity index (χ0) is 35.0. The number of allylic oxidation sites excluding steroid dienone is 1. The number of alkyl halides is 4. The summed E-state index contributed by atoms with van der Waals surface area (Å²) in [5, 5.41) is 14.5. The Hall–Kier alpha value is -5.16. The second-order valence-electron chi connectivity index (χ2n) is 11.6. The molecule has 0 heterocycles. The van der Waals surface area contributed by atoms with E-state index in [9.17, 15) is 32.3 Å². The standard InChI is InChI=1S/C38H35F4NO6/c1-47-36(46)28-15-13-24(14-16-28)23-48-29-19-17-27(18-20-29)34(44)33(22-25-7-5-10-30(21-25)49-38(41,42)37(39)40)43-35(45)32-12-6-9-26-8-3-2-4-11-31(26)32/h4-7,9-21,33-34,37,44H,2-3,8,22-23H2,1H3,(H,43,45). The summed E-state index contributed by atoms with van der Waals surface area (Å²) in [5.41, 5.74) is 4.25. The molecule has 256 valence electrons. The van der Waals surface area contributed by atoms with Crippen LogP contribution in [0.5, 0.6) is 11.5 Å². The zero-order valence-corrected chi connectivity index (χ0v) is 26.6. The highest BCUT2D eigenvalue weighted by Crippen LogP contribution is 2.30. The molecule has 0 spiro atoms. The highest BCUT2D eigenvalue weighted by Gasteiger charge is 2.44. The SMILES string of the molecule is COC(=O)c1ccc(COc2ccc(C(O)C(Cc3cccc(OC(F)(F)C(F)F)c3)NC(=O)c3cccc4c3C=CCCC4)cc2)cc1. The maximum atomic E-state index is 13.7. The summed E-state index contributed by atoms with van der Waals surface area (Å²) < 4.78 is 67.7. The number of aliphatic hydroxyl groups is 1. The fraction of sp³-hybridized carbons (Fsp3) is 0.263. The second-order valence-corrected chi connectivity index (χ2v) is 11.6. The number of carbonyl (C=O) groups excluding carboxylic acids is 2. The van der Waals surface area contributed by atoms with E-state index < -0.39 is 42.3 Å². The van der Waals surface area contributed by atoms with Crippen LogP contribution >= 0.6 is 0 Å². The van der Waals surface area contributed by atoms with Gasteiger partial charge in [-0.2, -0.15) is 17.6 Å². The van der Waals surface area contributed by atoms with Crippen LogP contribution in [0.2, 0.25) is 0 Å². The number of esters is 1. The molecule has 0 saturated heterocycles. The minimum absolute atomic E-state index is 0.0466. The van der Waals surface area contributed by atoms with Gasteiger partial charge in [0.15, 0.2) is 0 Å². The Morgan fingerprint density at radius 3 is 2.37 bits per heavy atom. The number of nitrogens with one attached hydrogen (secondary N) is 1. The number of hydrogen-bond acceptors (Lipinski definition) is 6. The molecule has 1 aliphatic rings. The van der Waals surface area contributed by atoms with Crippen LogP contribution in [0, 0.1) is 0 Å². The van der Waals surface area contributed by atoms with Crippen LogP contribution in [0.15, 0.2) is 97.1 Å². The molecule has 49 heavy (non-hydrogen) atoms. The van der Waals surface area contributed by atoms with Crippen LogP contribution in [0.25, 0.3) is 6.08 Å². The third-order valence-electron chi connectivity index (χ3n) is 8.10. The summed E-state index contributed by atoms with van der Waals surface area (Å²) >= 11 is 0. The van der Waals surface area contributed by atoms with Crippen LogP contribution in [-0.4, -0.2) is 42.7 Å². The van der Waals surface area contributed by atoms with Gasteiger partial charge < -0.3 is 24.6 Å². The van der Waals surface area contributed by atoms with E-state index in [1.165, 1.54) is 19.2 Å². The third-order valence-corrected chi connectivity index (χ3v) is 8.10. The zero-order valence-electron chi connectivity index (χ0n) is 26.6. The van der Waals surface area contributed by atoms with E-state index >= 15 is 0 Å². The van der Waals surface area contributed by atoms with Crippen LogP contribution in [0.3, 0.4) is 0 Å². The summed E-state index contributed by atoms with van der Waals surface area (Å²) in [7, 11) is 1.31. The van der Waals surface area contributed by atoms with E-state index in [-0.39, 0.29) is 13.0 Å². The molecule has 2 atom stereocenters. The Morgan fingerprint density at radius 2 is 1.65 bits per heavy atom. The van der Waals surface area contributed by atoms with Crippen molar-refractivity contribution in [3.05, 3.63) is 136 Å². The molecular weight excluding hydrogens is 642 g/mol. The topological polar surface area (TPSA) is 94.1 Å². The molecule has 4 aromatic carbocycles. The van der Waals surface area contributed by atoms with E-state index in [0.29, 0.717) is 28.0 Å². The number of halogens is 4. The molecule has 0 bridgehead atoms. The number of aliphatic hydroxyl groups excluding tert-OH is 1. The Balaban J connectivity index is 1.36. The molecule has 1 aliphatic carbocycles. The third kappa shape index (κ3) is 9.05. The van der Waals surface area contributed by atoms with E-state index in [1.807, 2.05) is 18.2 Å². The Bertz CT molecular complexity index is 1780. The number of benzene rings is 4. The van der Waals surface area contributed by atoms with E-state index in [1.54, 1.807) is 66.7 Å². The average molecular weight is 678 g/mol. The smallest absolute Gasteiger partial charge is 0.461 e. The first kappa shape index (κ1) is 35.2. The van der Waals surface area contributed by atoms with Crippen molar-refractivity contribution in [1.29, 1.82) is 0 Å². The van der Waals surface area contributed by atoms with Gasteiger partial charge in [0.25, 0.3) is 5.91 Å². The number of ether oxygens (including phenoxy) is 3. The Morgan fingerprint density at radius 1 is 0.918 bits per heavy atom. The van der Waals surface area contributed by atoms with Crippen molar-refractivity contribution >= 4 is 18.0 Å². The first-order valence-electron chi connectivity index (χ1n) is 15.7. The summed E-state index contributed by atoms with van der Waals surface area (Å²) in [6.07, 6.45) is -3.49. The molecule has 2 unspecified atom stereocenters. The highest BCUT2D eigenvalue weighted by atomic mass is 19.3. The van der Waals surface area contributed by atoms with Crippen molar-refractivity contribution in [3.8, 4) is 11.5 Å². The van der Waals surface area contributed by atoms with Gasteiger partial charge in [-0.3, -0.25) is 4.79 Å². The van der Waals surface area contributed by atoms with Crippen molar-refractivity contribution in [2.24, 2.45) is 0 Å². The van der Waals surface area contributed by atoms with Gasteiger partial charge in [0.1, 0.15) is 18.1 Å².